The molecule has 126 valence electrons. The third-order valence-electron chi connectivity index (χ3n) is 3.59. The number of fused-ring (bicyclic) bond motifs is 1. The molecule has 0 saturated heterocycles. The number of nitrogens with two attached hydrogens (primary N) is 1. The first-order valence-electron chi connectivity index (χ1n) is 7.52. The number of aromatic nitrogens is 2. The van der Waals surface area contributed by atoms with E-state index in [1.54, 1.807) is 36.9 Å². The first kappa shape index (κ1) is 15.8. The van der Waals surface area contributed by atoms with Crippen LogP contribution in [0.15, 0.2) is 40.5 Å². The summed E-state index contributed by atoms with van der Waals surface area (Å²) >= 11 is 2.77. The van der Waals surface area contributed by atoms with Crippen LogP contribution in [0, 0.1) is 0 Å². The highest BCUT2D eigenvalue weighted by Crippen LogP contribution is 2.40. The van der Waals surface area contributed by atoms with Crippen molar-refractivity contribution >= 4 is 44.5 Å². The molecule has 0 fully saturated rings. The molecule has 0 atom stereocenters. The van der Waals surface area contributed by atoms with E-state index in [1.165, 1.54) is 11.3 Å². The molecule has 8 heteroatoms. The first-order chi connectivity index (χ1) is 12.2. The molecule has 6 nitrogen and oxygen atoms in total. The van der Waals surface area contributed by atoms with Crippen LogP contribution in [0.3, 0.4) is 0 Å². The van der Waals surface area contributed by atoms with Crippen molar-refractivity contribution < 1.29 is 13.9 Å². The molecule has 0 saturated carbocycles. The average molecular weight is 371 g/mol. The standard InChI is InChI=1S/C17H13N3O3S2/c1-2-23-17(21)14-12(18)11-13(9-5-6-22-8-9)19-15(20-16(11)25-14)10-4-3-7-24-10/h3-8H,2,18H2,1H3. The Hall–Kier alpha value is -2.71. The van der Waals surface area contributed by atoms with Crippen LogP contribution in [0.25, 0.3) is 32.2 Å². The molecule has 0 radical (unpaired) electrons. The van der Waals surface area contributed by atoms with Crippen molar-refractivity contribution in [3.8, 4) is 22.0 Å². The number of hydrogen-bond acceptors (Lipinski definition) is 8. The maximum Gasteiger partial charge on any atom is 0.350 e. The third-order valence-corrected chi connectivity index (χ3v) is 5.53. The van der Waals surface area contributed by atoms with Crippen LogP contribution >= 0.6 is 22.7 Å². The molecule has 25 heavy (non-hydrogen) atoms. The molecule has 0 bridgehead atoms. The zero-order valence-electron chi connectivity index (χ0n) is 13.2. The Labute approximate surface area is 150 Å². The fraction of sp³-hybridized carbons (Fsp3) is 0.118. The van der Waals surface area contributed by atoms with Gasteiger partial charge < -0.3 is 14.9 Å². The number of carbonyl (C=O) groups is 1. The highest BCUT2D eigenvalue weighted by atomic mass is 32.1. The van der Waals surface area contributed by atoms with Gasteiger partial charge in [0, 0.05) is 5.56 Å². The molecule has 4 aromatic heterocycles. The second kappa shape index (κ2) is 6.30. The van der Waals surface area contributed by atoms with E-state index in [0.29, 0.717) is 32.3 Å². The minimum absolute atomic E-state index is 0.285. The Morgan fingerprint density at radius 2 is 2.24 bits per heavy atom. The molecule has 2 N–H and O–H groups in total. The second-order valence-electron chi connectivity index (χ2n) is 5.13. The number of anilines is 1. The van der Waals surface area contributed by atoms with Gasteiger partial charge >= 0.3 is 5.97 Å². The number of furan rings is 1. The fourth-order valence-corrected chi connectivity index (χ4v) is 4.14. The van der Waals surface area contributed by atoms with Crippen molar-refractivity contribution in [2.24, 2.45) is 0 Å². The Bertz CT molecular complexity index is 1040. The van der Waals surface area contributed by atoms with E-state index in [-0.39, 0.29) is 6.61 Å². The molecular formula is C17H13N3O3S2. The van der Waals surface area contributed by atoms with Gasteiger partial charge in [0.1, 0.15) is 9.71 Å². The predicted octanol–water partition coefficient (Wildman–Crippen LogP) is 4.44. The van der Waals surface area contributed by atoms with Crippen LogP contribution < -0.4 is 5.73 Å². The van der Waals surface area contributed by atoms with Gasteiger partial charge in [0.25, 0.3) is 0 Å². The van der Waals surface area contributed by atoms with Crippen molar-refractivity contribution in [3.63, 3.8) is 0 Å². The van der Waals surface area contributed by atoms with Gasteiger partial charge in [0.15, 0.2) is 5.82 Å². The minimum Gasteiger partial charge on any atom is -0.472 e. The van der Waals surface area contributed by atoms with Crippen molar-refractivity contribution in [2.45, 2.75) is 6.92 Å². The number of rotatable bonds is 4. The summed E-state index contributed by atoms with van der Waals surface area (Å²) < 4.78 is 10.3. The molecule has 4 rings (SSSR count). The van der Waals surface area contributed by atoms with Crippen LogP contribution in [0.4, 0.5) is 5.69 Å². The average Bonchev–Trinajstić information content (AvgIpc) is 3.36. The number of carbonyl (C=O) groups excluding carboxylic acids is 1. The van der Waals surface area contributed by atoms with Crippen molar-refractivity contribution in [1.29, 1.82) is 0 Å². The molecule has 0 amide bonds. The molecule has 0 aliphatic rings. The van der Waals surface area contributed by atoms with E-state index in [0.717, 1.165) is 10.4 Å². The topological polar surface area (TPSA) is 91.2 Å². The lowest BCUT2D eigenvalue weighted by atomic mass is 10.1. The number of thiophene rings is 2. The lowest BCUT2D eigenvalue weighted by molar-refractivity contribution is 0.0533. The molecule has 0 aliphatic heterocycles. The normalized spacial score (nSPS) is 11.1. The molecule has 0 aliphatic carbocycles. The lowest BCUT2D eigenvalue weighted by Crippen LogP contribution is -2.05. The minimum atomic E-state index is -0.446. The van der Waals surface area contributed by atoms with Gasteiger partial charge in [-0.15, -0.1) is 22.7 Å². The van der Waals surface area contributed by atoms with Crippen molar-refractivity contribution in [2.75, 3.05) is 12.3 Å². The largest absolute Gasteiger partial charge is 0.472 e. The van der Waals surface area contributed by atoms with Crippen LogP contribution in [-0.2, 0) is 4.74 Å². The number of nitrogen functional groups attached to an aromatic ring is 1. The van der Waals surface area contributed by atoms with Gasteiger partial charge in [-0.05, 0) is 24.4 Å². The van der Waals surface area contributed by atoms with Crippen LogP contribution in [0.1, 0.15) is 16.6 Å². The molecule has 0 aromatic carbocycles. The summed E-state index contributed by atoms with van der Waals surface area (Å²) in [6.07, 6.45) is 3.17. The summed E-state index contributed by atoms with van der Waals surface area (Å²) in [5.41, 5.74) is 8.01. The molecule has 0 spiro atoms. The highest BCUT2D eigenvalue weighted by molar-refractivity contribution is 7.21. The van der Waals surface area contributed by atoms with E-state index < -0.39 is 5.97 Å². The van der Waals surface area contributed by atoms with Gasteiger partial charge in [-0.2, -0.15) is 0 Å². The van der Waals surface area contributed by atoms with Gasteiger partial charge in [0.05, 0.1) is 40.8 Å². The Balaban J connectivity index is 2.00. The fourth-order valence-electron chi connectivity index (χ4n) is 2.49. The smallest absolute Gasteiger partial charge is 0.350 e. The van der Waals surface area contributed by atoms with Gasteiger partial charge in [-0.3, -0.25) is 0 Å². The summed E-state index contributed by atoms with van der Waals surface area (Å²) in [6.45, 7) is 2.04. The van der Waals surface area contributed by atoms with Crippen LogP contribution in [0.5, 0.6) is 0 Å². The van der Waals surface area contributed by atoms with E-state index >= 15 is 0 Å². The summed E-state index contributed by atoms with van der Waals surface area (Å²) in [4.78, 5) is 23.4. The van der Waals surface area contributed by atoms with Crippen molar-refractivity contribution in [1.82, 2.24) is 9.97 Å². The van der Waals surface area contributed by atoms with E-state index in [2.05, 4.69) is 9.97 Å². The highest BCUT2D eigenvalue weighted by Gasteiger charge is 2.23. The van der Waals surface area contributed by atoms with Crippen molar-refractivity contribution in [3.05, 3.63) is 41.0 Å². The molecular weight excluding hydrogens is 358 g/mol. The summed E-state index contributed by atoms with van der Waals surface area (Å²) in [6, 6.07) is 5.70. The second-order valence-corrected chi connectivity index (χ2v) is 7.08. The van der Waals surface area contributed by atoms with E-state index in [1.807, 2.05) is 17.5 Å². The monoisotopic (exact) mass is 371 g/mol. The maximum absolute atomic E-state index is 12.2. The molecule has 4 heterocycles. The van der Waals surface area contributed by atoms with Crippen LogP contribution in [0.2, 0.25) is 0 Å². The third kappa shape index (κ3) is 2.69. The van der Waals surface area contributed by atoms with Gasteiger partial charge in [0.2, 0.25) is 0 Å². The molecule has 0 unspecified atom stereocenters. The zero-order chi connectivity index (χ0) is 17.4. The lowest BCUT2D eigenvalue weighted by Gasteiger charge is -2.04. The number of nitrogens with zero attached hydrogens (tertiary/aromatic N) is 2. The summed E-state index contributed by atoms with van der Waals surface area (Å²) in [5.74, 6) is 0.147. The number of esters is 1. The summed E-state index contributed by atoms with van der Waals surface area (Å²) in [7, 11) is 0. The maximum atomic E-state index is 12.2. The Morgan fingerprint density at radius 3 is 2.92 bits per heavy atom. The number of hydrogen-bond donors (Lipinski definition) is 1. The quantitative estimate of drug-likeness (QED) is 0.533. The summed E-state index contributed by atoms with van der Waals surface area (Å²) in [5, 5.41) is 2.61. The zero-order valence-corrected chi connectivity index (χ0v) is 14.8. The first-order valence-corrected chi connectivity index (χ1v) is 9.22. The van der Waals surface area contributed by atoms with Gasteiger partial charge in [-0.25, -0.2) is 14.8 Å². The predicted molar refractivity (Wildman–Crippen MR) is 98.8 cm³/mol. The van der Waals surface area contributed by atoms with Crippen LogP contribution in [-0.4, -0.2) is 22.5 Å². The SMILES string of the molecule is CCOC(=O)c1sc2nc(-c3cccs3)nc(-c3ccoc3)c2c1N. The van der Waals surface area contributed by atoms with Gasteiger partial charge in [-0.1, -0.05) is 6.07 Å². The Kier molecular flexibility index (Phi) is 3.98. The number of ether oxygens (including phenoxy) is 1. The molecule has 4 aromatic rings. The van der Waals surface area contributed by atoms with E-state index in [9.17, 15) is 4.79 Å². The van der Waals surface area contributed by atoms with E-state index in [4.69, 9.17) is 14.9 Å². The Morgan fingerprint density at radius 1 is 1.36 bits per heavy atom.